The van der Waals surface area contributed by atoms with Crippen LogP contribution in [0, 0.1) is 19.8 Å². The minimum atomic E-state index is -0.0301. The number of aromatic nitrogens is 5. The van der Waals surface area contributed by atoms with Crippen LogP contribution in [0.4, 0.5) is 0 Å². The fraction of sp³-hybridized carbons (Fsp3) is 0.643. The third kappa shape index (κ3) is 5.25. The van der Waals surface area contributed by atoms with E-state index in [2.05, 4.69) is 76.0 Å². The average molecular weight is 493 g/mol. The Morgan fingerprint density at radius 3 is 2.58 bits per heavy atom. The minimum Gasteiger partial charge on any atom is -0.377 e. The van der Waals surface area contributed by atoms with Crippen molar-refractivity contribution in [3.05, 3.63) is 51.1 Å². The van der Waals surface area contributed by atoms with Crippen molar-refractivity contribution in [2.45, 2.75) is 97.4 Å². The topological polar surface area (TPSA) is 88.9 Å². The highest BCUT2D eigenvalue weighted by Gasteiger charge is 2.34. The molecular formula is C28H40N6O2. The third-order valence-corrected chi connectivity index (χ3v) is 8.10. The van der Waals surface area contributed by atoms with E-state index in [0.29, 0.717) is 12.6 Å². The van der Waals surface area contributed by atoms with E-state index in [1.165, 1.54) is 30.4 Å². The van der Waals surface area contributed by atoms with E-state index in [1.54, 1.807) is 0 Å². The number of nitrogens with one attached hydrogen (secondary N) is 1. The van der Waals surface area contributed by atoms with E-state index in [1.807, 2.05) is 0 Å². The fourth-order valence-electron chi connectivity index (χ4n) is 6.05. The van der Waals surface area contributed by atoms with Gasteiger partial charge in [-0.1, -0.05) is 33.1 Å². The number of fused-ring (bicyclic) bond motifs is 1. The molecule has 3 aromatic rings. The van der Waals surface area contributed by atoms with Crippen LogP contribution in [0.15, 0.2) is 23.0 Å². The molecule has 0 unspecified atom stereocenters. The summed E-state index contributed by atoms with van der Waals surface area (Å²) < 4.78 is 8.14. The fourth-order valence-corrected chi connectivity index (χ4v) is 6.05. The highest BCUT2D eigenvalue weighted by molar-refractivity contribution is 5.80. The lowest BCUT2D eigenvalue weighted by molar-refractivity contribution is 0.0375. The summed E-state index contributed by atoms with van der Waals surface area (Å²) in [7, 11) is 0. The molecule has 1 aliphatic carbocycles. The quantitative estimate of drug-likeness (QED) is 0.475. The van der Waals surface area contributed by atoms with Gasteiger partial charge in [-0.25, -0.2) is 4.68 Å². The van der Waals surface area contributed by atoms with Gasteiger partial charge in [-0.15, -0.1) is 5.10 Å². The van der Waals surface area contributed by atoms with Crippen LogP contribution in [0.25, 0.3) is 10.9 Å². The second-order valence-corrected chi connectivity index (χ2v) is 11.2. The molecule has 1 aromatic carbocycles. The molecule has 0 spiro atoms. The molecule has 2 aromatic heterocycles. The van der Waals surface area contributed by atoms with Crippen molar-refractivity contribution in [2.24, 2.45) is 5.92 Å². The molecule has 0 amide bonds. The van der Waals surface area contributed by atoms with Crippen LogP contribution in [0.1, 0.15) is 93.4 Å². The van der Waals surface area contributed by atoms with Crippen molar-refractivity contribution in [3.63, 3.8) is 0 Å². The summed E-state index contributed by atoms with van der Waals surface area (Å²) in [5.74, 6) is 1.18. The predicted molar refractivity (Wildman–Crippen MR) is 141 cm³/mol. The third-order valence-electron chi connectivity index (χ3n) is 8.10. The van der Waals surface area contributed by atoms with E-state index in [-0.39, 0.29) is 23.6 Å². The van der Waals surface area contributed by atoms with Crippen molar-refractivity contribution < 1.29 is 4.74 Å². The van der Waals surface area contributed by atoms with Gasteiger partial charge < -0.3 is 9.72 Å². The lowest BCUT2D eigenvalue weighted by Crippen LogP contribution is -2.40. The molecule has 1 aliphatic heterocycles. The molecule has 3 heterocycles. The van der Waals surface area contributed by atoms with Gasteiger partial charge >= 0.3 is 0 Å². The predicted octanol–water partition coefficient (Wildman–Crippen LogP) is 5.01. The molecule has 2 atom stereocenters. The smallest absolute Gasteiger partial charge is 0.252 e. The normalized spacial score (nSPS) is 20.1. The second-order valence-electron chi connectivity index (χ2n) is 11.2. The van der Waals surface area contributed by atoms with Crippen LogP contribution < -0.4 is 5.56 Å². The van der Waals surface area contributed by atoms with Crippen molar-refractivity contribution >= 4 is 10.9 Å². The van der Waals surface area contributed by atoms with Crippen molar-refractivity contribution in [1.29, 1.82) is 0 Å². The first-order valence-electron chi connectivity index (χ1n) is 13.7. The number of benzene rings is 1. The van der Waals surface area contributed by atoms with Crippen molar-refractivity contribution in [3.8, 4) is 0 Å². The van der Waals surface area contributed by atoms with Gasteiger partial charge in [0.05, 0.1) is 18.2 Å². The first kappa shape index (κ1) is 25.1. The molecule has 1 saturated carbocycles. The van der Waals surface area contributed by atoms with Crippen LogP contribution in [-0.2, 0) is 11.3 Å². The van der Waals surface area contributed by atoms with E-state index in [4.69, 9.17) is 4.74 Å². The zero-order valence-corrected chi connectivity index (χ0v) is 22.2. The largest absolute Gasteiger partial charge is 0.377 e. The lowest BCUT2D eigenvalue weighted by Gasteiger charge is -2.36. The highest BCUT2D eigenvalue weighted by Crippen LogP contribution is 2.34. The molecule has 1 saturated heterocycles. The number of aromatic amines is 1. The van der Waals surface area contributed by atoms with Gasteiger partial charge in [0.15, 0.2) is 5.82 Å². The standard InChI is InChI=1S/C28H40N6O2/c1-18(2)26(27-30-31-32-34(27)23-9-6-5-7-10-23)33(17-24-11-8-12-36-24)16-22-15-21-13-19(3)20(4)14-25(21)29-28(22)35/h13-15,18,23-24,26H,5-12,16-17H2,1-4H3,(H,29,35)/t24-,26+/m1/s1. The zero-order chi connectivity index (χ0) is 25.2. The number of hydrogen-bond donors (Lipinski definition) is 1. The summed E-state index contributed by atoms with van der Waals surface area (Å²) in [6, 6.07) is 6.63. The molecule has 36 heavy (non-hydrogen) atoms. The highest BCUT2D eigenvalue weighted by atomic mass is 16.5. The summed E-state index contributed by atoms with van der Waals surface area (Å²) in [4.78, 5) is 18.8. The molecule has 1 N–H and O–H groups in total. The Morgan fingerprint density at radius 2 is 1.86 bits per heavy atom. The number of ether oxygens (including phenoxy) is 1. The Labute approximate surface area is 213 Å². The molecular weight excluding hydrogens is 452 g/mol. The number of rotatable bonds is 8. The van der Waals surface area contributed by atoms with Gasteiger partial charge in [0, 0.05) is 30.8 Å². The maximum Gasteiger partial charge on any atom is 0.252 e. The Balaban J connectivity index is 1.52. The molecule has 2 aliphatic rings. The number of aryl methyl sites for hydroxylation is 2. The summed E-state index contributed by atoms with van der Waals surface area (Å²) in [5, 5.41) is 14.3. The van der Waals surface area contributed by atoms with Crippen molar-refractivity contribution in [2.75, 3.05) is 13.2 Å². The lowest BCUT2D eigenvalue weighted by atomic mass is 9.94. The molecule has 5 rings (SSSR count). The Kier molecular flexibility index (Phi) is 7.53. The maximum atomic E-state index is 13.2. The average Bonchev–Trinajstić information content (AvgIpc) is 3.54. The van der Waals surface area contributed by atoms with Crippen LogP contribution >= 0.6 is 0 Å². The van der Waals surface area contributed by atoms with Crippen LogP contribution in [0.5, 0.6) is 0 Å². The summed E-state index contributed by atoms with van der Waals surface area (Å²) >= 11 is 0. The van der Waals surface area contributed by atoms with Crippen LogP contribution in [0.3, 0.4) is 0 Å². The minimum absolute atomic E-state index is 0.0130. The van der Waals surface area contributed by atoms with Crippen molar-refractivity contribution in [1.82, 2.24) is 30.1 Å². The van der Waals surface area contributed by atoms with E-state index < -0.39 is 0 Å². The van der Waals surface area contributed by atoms with Crippen LogP contribution in [0.2, 0.25) is 0 Å². The maximum absolute atomic E-state index is 13.2. The Morgan fingerprint density at radius 1 is 1.08 bits per heavy atom. The first-order valence-corrected chi connectivity index (χ1v) is 13.7. The molecule has 0 radical (unpaired) electrons. The Hall–Kier alpha value is -2.58. The molecule has 194 valence electrons. The second kappa shape index (κ2) is 10.8. The van der Waals surface area contributed by atoms with Crippen LogP contribution in [-0.4, -0.2) is 49.3 Å². The number of H-pyrrole nitrogens is 1. The monoisotopic (exact) mass is 492 g/mol. The van der Waals surface area contributed by atoms with E-state index in [9.17, 15) is 4.79 Å². The zero-order valence-electron chi connectivity index (χ0n) is 22.2. The van der Waals surface area contributed by atoms with Gasteiger partial charge in [0.1, 0.15) is 0 Å². The molecule has 0 bridgehead atoms. The van der Waals surface area contributed by atoms with Gasteiger partial charge in [-0.05, 0) is 90.6 Å². The van der Waals surface area contributed by atoms with Gasteiger partial charge in [0.2, 0.25) is 0 Å². The Bertz CT molecular complexity index is 1240. The first-order chi connectivity index (χ1) is 17.4. The van der Waals surface area contributed by atoms with E-state index in [0.717, 1.165) is 61.1 Å². The molecule has 8 heteroatoms. The van der Waals surface area contributed by atoms with Gasteiger partial charge in [0.25, 0.3) is 5.56 Å². The van der Waals surface area contributed by atoms with Gasteiger partial charge in [-0.3, -0.25) is 9.69 Å². The molecule has 8 nitrogen and oxygen atoms in total. The number of hydrogen-bond acceptors (Lipinski definition) is 6. The van der Waals surface area contributed by atoms with Gasteiger partial charge in [-0.2, -0.15) is 0 Å². The summed E-state index contributed by atoms with van der Waals surface area (Å²) in [5.41, 5.74) is 4.03. The molecule has 2 fully saturated rings. The van der Waals surface area contributed by atoms with E-state index >= 15 is 0 Å². The summed E-state index contributed by atoms with van der Waals surface area (Å²) in [6.07, 6.45) is 8.27. The summed E-state index contributed by atoms with van der Waals surface area (Å²) in [6.45, 7) is 10.7. The SMILES string of the molecule is Cc1cc2cc(CN(C[C@H]3CCCO3)[C@H](c3nnnn3C3CCCCC3)C(C)C)c(=O)[nH]c2cc1C. The number of pyridine rings is 1. The number of nitrogens with zero attached hydrogens (tertiary/aromatic N) is 5. The number of tetrazole rings is 1.